The molecular formula is C29H31F3N4O3. The fourth-order valence-corrected chi connectivity index (χ4v) is 5.85. The smallest absolute Gasteiger partial charge is 0.391 e. The number of nitro groups is 1. The number of aliphatic hydroxyl groups is 1. The zero-order chi connectivity index (χ0) is 27.6. The lowest BCUT2D eigenvalue weighted by Gasteiger charge is -2.31. The number of halogens is 3. The predicted octanol–water partition coefficient (Wildman–Crippen LogP) is 5.62. The number of anilines is 2. The van der Waals surface area contributed by atoms with Gasteiger partial charge in [-0.2, -0.15) is 13.2 Å². The van der Waals surface area contributed by atoms with Gasteiger partial charge in [0.1, 0.15) is 0 Å². The first-order chi connectivity index (χ1) is 18.7. The van der Waals surface area contributed by atoms with Gasteiger partial charge in [-0.3, -0.25) is 15.0 Å². The molecule has 1 fully saturated rings. The van der Waals surface area contributed by atoms with Gasteiger partial charge in [0, 0.05) is 49.0 Å². The van der Waals surface area contributed by atoms with Crippen LogP contribution in [-0.2, 0) is 32.2 Å². The number of para-hydroxylation sites is 1. The number of nitro benzene ring substituents is 1. The molecule has 0 amide bonds. The summed E-state index contributed by atoms with van der Waals surface area (Å²) in [5.41, 5.74) is 3.83. The molecule has 0 saturated carbocycles. The van der Waals surface area contributed by atoms with Gasteiger partial charge < -0.3 is 15.7 Å². The lowest BCUT2D eigenvalue weighted by atomic mass is 9.80. The van der Waals surface area contributed by atoms with Crippen LogP contribution in [0.2, 0.25) is 0 Å². The molecule has 2 aliphatic heterocycles. The van der Waals surface area contributed by atoms with E-state index in [1.807, 2.05) is 0 Å². The summed E-state index contributed by atoms with van der Waals surface area (Å²) in [5, 5.41) is 27.7. The second-order valence-electron chi connectivity index (χ2n) is 10.6. The zero-order valence-corrected chi connectivity index (χ0v) is 21.4. The van der Waals surface area contributed by atoms with E-state index in [9.17, 15) is 28.4 Å². The van der Waals surface area contributed by atoms with Crippen molar-refractivity contribution in [2.75, 3.05) is 36.8 Å². The van der Waals surface area contributed by atoms with Gasteiger partial charge in [-0.05, 0) is 60.7 Å². The number of likely N-dealkylation sites (tertiary alicyclic amines) is 1. The quantitative estimate of drug-likeness (QED) is 0.241. The van der Waals surface area contributed by atoms with Gasteiger partial charge in [-0.15, -0.1) is 0 Å². The van der Waals surface area contributed by atoms with E-state index < -0.39 is 23.3 Å². The van der Waals surface area contributed by atoms with E-state index in [1.54, 1.807) is 12.1 Å². The van der Waals surface area contributed by atoms with Crippen LogP contribution in [0.4, 0.5) is 30.2 Å². The molecule has 1 saturated heterocycles. The van der Waals surface area contributed by atoms with Gasteiger partial charge in [-0.1, -0.05) is 36.4 Å². The monoisotopic (exact) mass is 540 g/mol. The summed E-state index contributed by atoms with van der Waals surface area (Å²) in [6.45, 7) is 3.09. The van der Waals surface area contributed by atoms with Gasteiger partial charge >= 0.3 is 6.18 Å². The van der Waals surface area contributed by atoms with Crippen LogP contribution in [0.15, 0.2) is 60.7 Å². The summed E-state index contributed by atoms with van der Waals surface area (Å²) in [5.74, 6) is 0. The summed E-state index contributed by atoms with van der Waals surface area (Å²) in [4.78, 5) is 13.3. The lowest BCUT2D eigenvalue weighted by Crippen LogP contribution is -2.35. The molecule has 1 unspecified atom stereocenters. The average Bonchev–Trinajstić information content (AvgIpc) is 3.55. The molecule has 0 aliphatic carbocycles. The summed E-state index contributed by atoms with van der Waals surface area (Å²) in [7, 11) is 0. The highest BCUT2D eigenvalue weighted by Gasteiger charge is 2.39. The molecule has 3 aromatic rings. The molecule has 0 spiro atoms. The molecule has 5 rings (SSSR count). The molecule has 7 nitrogen and oxygen atoms in total. The third kappa shape index (κ3) is 6.02. The highest BCUT2D eigenvalue weighted by Crippen LogP contribution is 2.38. The van der Waals surface area contributed by atoms with Crippen LogP contribution < -0.4 is 10.6 Å². The summed E-state index contributed by atoms with van der Waals surface area (Å²) < 4.78 is 40.3. The van der Waals surface area contributed by atoms with E-state index in [0.717, 1.165) is 38.5 Å². The normalized spacial score (nSPS) is 19.1. The number of nitrogens with zero attached hydrogens (tertiary/aromatic N) is 2. The summed E-state index contributed by atoms with van der Waals surface area (Å²) in [6.07, 6.45) is -2.23. The Morgan fingerprint density at radius 2 is 1.92 bits per heavy atom. The van der Waals surface area contributed by atoms with Crippen molar-refractivity contribution in [3.8, 4) is 0 Å². The lowest BCUT2D eigenvalue weighted by molar-refractivity contribution is -0.385. The van der Waals surface area contributed by atoms with E-state index >= 15 is 0 Å². The Morgan fingerprint density at radius 1 is 1.10 bits per heavy atom. The Hall–Kier alpha value is -3.63. The first kappa shape index (κ1) is 27.0. The number of fused-ring (bicyclic) bond motifs is 1. The van der Waals surface area contributed by atoms with E-state index in [-0.39, 0.29) is 16.7 Å². The van der Waals surface area contributed by atoms with Crippen molar-refractivity contribution in [1.29, 1.82) is 0 Å². The fraction of sp³-hybridized carbons (Fsp3) is 0.379. The summed E-state index contributed by atoms with van der Waals surface area (Å²) >= 11 is 0. The number of aliphatic hydroxyl groups excluding tert-OH is 1. The number of benzene rings is 3. The Kier molecular flexibility index (Phi) is 7.51. The third-order valence-electron chi connectivity index (χ3n) is 7.80. The molecule has 0 bridgehead atoms. The minimum Gasteiger partial charge on any atom is -0.391 e. The molecule has 0 aromatic heterocycles. The molecule has 206 valence electrons. The number of hydrogen-bond donors (Lipinski definition) is 3. The minimum atomic E-state index is -4.42. The maximum absolute atomic E-state index is 13.4. The molecule has 3 N–H and O–H groups in total. The Balaban J connectivity index is 1.39. The van der Waals surface area contributed by atoms with Crippen LogP contribution in [0, 0.1) is 15.5 Å². The molecule has 39 heavy (non-hydrogen) atoms. The topological polar surface area (TPSA) is 90.7 Å². The maximum Gasteiger partial charge on any atom is 0.416 e. The number of nitrogens with one attached hydrogen (secondary N) is 2. The minimum absolute atomic E-state index is 0.173. The average molecular weight is 541 g/mol. The molecular weight excluding hydrogens is 509 g/mol. The Morgan fingerprint density at radius 3 is 2.69 bits per heavy atom. The van der Waals surface area contributed by atoms with Crippen molar-refractivity contribution in [3.05, 3.63) is 98.6 Å². The van der Waals surface area contributed by atoms with E-state index in [1.165, 1.54) is 41.1 Å². The first-order valence-corrected chi connectivity index (χ1v) is 13.0. The molecule has 1 atom stereocenters. The van der Waals surface area contributed by atoms with E-state index in [4.69, 9.17) is 0 Å². The van der Waals surface area contributed by atoms with Crippen LogP contribution in [0.3, 0.4) is 0 Å². The molecule has 0 radical (unpaired) electrons. The number of alkyl halides is 3. The van der Waals surface area contributed by atoms with Crippen LogP contribution in [-0.4, -0.2) is 41.1 Å². The first-order valence-electron chi connectivity index (χ1n) is 13.0. The molecule has 3 aromatic carbocycles. The summed E-state index contributed by atoms with van der Waals surface area (Å²) in [6, 6.07) is 16.4. The van der Waals surface area contributed by atoms with Gasteiger partial charge in [0.25, 0.3) is 5.69 Å². The third-order valence-corrected chi connectivity index (χ3v) is 7.80. The number of rotatable bonds is 9. The molecule has 2 aliphatic rings. The van der Waals surface area contributed by atoms with Crippen molar-refractivity contribution in [3.63, 3.8) is 0 Å². The Bertz CT molecular complexity index is 1360. The van der Waals surface area contributed by atoms with Crippen LogP contribution >= 0.6 is 0 Å². The van der Waals surface area contributed by atoms with Crippen molar-refractivity contribution in [2.24, 2.45) is 5.41 Å². The van der Waals surface area contributed by atoms with E-state index in [2.05, 4.69) is 33.7 Å². The van der Waals surface area contributed by atoms with Gasteiger partial charge in [-0.25, -0.2) is 0 Å². The van der Waals surface area contributed by atoms with Crippen LogP contribution in [0.25, 0.3) is 0 Å². The second-order valence-corrected chi connectivity index (χ2v) is 10.6. The van der Waals surface area contributed by atoms with Crippen molar-refractivity contribution >= 4 is 17.1 Å². The van der Waals surface area contributed by atoms with Gasteiger partial charge in [0.05, 0.1) is 22.7 Å². The fourth-order valence-electron chi connectivity index (χ4n) is 5.85. The van der Waals surface area contributed by atoms with Crippen molar-refractivity contribution in [2.45, 2.75) is 38.6 Å². The Labute approximate surface area is 224 Å². The molecule has 2 heterocycles. The van der Waals surface area contributed by atoms with Crippen molar-refractivity contribution in [1.82, 2.24) is 4.90 Å². The van der Waals surface area contributed by atoms with Crippen LogP contribution in [0.5, 0.6) is 0 Å². The SMILES string of the molecule is O=[N+]([O-])c1cc(NCC2(Cc3cccc(C(F)(F)F)c3)CCN(Cc3cccc4c3NCC4)C2)ccc1CO. The highest BCUT2D eigenvalue weighted by atomic mass is 19.4. The van der Waals surface area contributed by atoms with E-state index in [0.29, 0.717) is 30.8 Å². The van der Waals surface area contributed by atoms with Gasteiger partial charge in [0.15, 0.2) is 0 Å². The predicted molar refractivity (Wildman–Crippen MR) is 144 cm³/mol. The standard InChI is InChI=1S/C29H31F3N4O3/c30-29(31,32)24-6-1-3-20(13-24)15-28(18-34-25-8-7-23(17-37)26(14-25)36(38)39)10-12-35(19-28)16-22-5-2-4-21-9-11-33-27(21)22/h1-8,13-14,33-34,37H,9-12,15-19H2. The maximum atomic E-state index is 13.4. The van der Waals surface area contributed by atoms with Gasteiger partial charge in [0.2, 0.25) is 0 Å². The molecule has 10 heteroatoms. The van der Waals surface area contributed by atoms with Crippen molar-refractivity contribution < 1.29 is 23.2 Å². The number of hydrogen-bond acceptors (Lipinski definition) is 6. The zero-order valence-electron chi connectivity index (χ0n) is 21.4. The highest BCUT2D eigenvalue weighted by molar-refractivity contribution is 5.61. The second kappa shape index (κ2) is 10.9. The van der Waals surface area contributed by atoms with Crippen LogP contribution in [0.1, 0.15) is 34.2 Å². The largest absolute Gasteiger partial charge is 0.416 e.